The SMILES string of the molecule is CC(=O)NNC(=S)N/C=C\c1c(C)ccc([N+](=O)[O-])c1[N+](=O)[O-]. The van der Waals surface area contributed by atoms with Gasteiger partial charge in [-0.2, -0.15) is 0 Å². The number of thiocarbonyl (C=S) groups is 1. The van der Waals surface area contributed by atoms with Crippen LogP contribution < -0.4 is 16.2 Å². The molecule has 23 heavy (non-hydrogen) atoms. The molecule has 0 saturated heterocycles. The molecule has 0 radical (unpaired) electrons. The lowest BCUT2D eigenvalue weighted by Crippen LogP contribution is -2.44. The average Bonchev–Trinajstić information content (AvgIpc) is 2.45. The second-order valence-electron chi connectivity index (χ2n) is 4.29. The van der Waals surface area contributed by atoms with E-state index in [0.717, 1.165) is 6.07 Å². The van der Waals surface area contributed by atoms with E-state index < -0.39 is 21.2 Å². The zero-order valence-corrected chi connectivity index (χ0v) is 13.0. The van der Waals surface area contributed by atoms with Gasteiger partial charge in [-0.1, -0.05) is 6.07 Å². The third kappa shape index (κ3) is 5.00. The maximum absolute atomic E-state index is 11.1. The fourth-order valence-electron chi connectivity index (χ4n) is 1.63. The number of hydrogen-bond donors (Lipinski definition) is 3. The molecule has 0 heterocycles. The van der Waals surface area contributed by atoms with Gasteiger partial charge in [0.05, 0.1) is 15.4 Å². The van der Waals surface area contributed by atoms with E-state index in [1.807, 2.05) is 0 Å². The molecule has 3 N–H and O–H groups in total. The zero-order valence-electron chi connectivity index (χ0n) is 12.2. The Hall–Kier alpha value is -3.08. The van der Waals surface area contributed by atoms with Gasteiger partial charge in [-0.05, 0) is 30.8 Å². The summed E-state index contributed by atoms with van der Waals surface area (Å²) < 4.78 is 0. The molecule has 1 amide bonds. The molecule has 0 spiro atoms. The van der Waals surface area contributed by atoms with Crippen molar-refractivity contribution in [2.45, 2.75) is 13.8 Å². The van der Waals surface area contributed by atoms with E-state index in [-0.39, 0.29) is 16.6 Å². The maximum Gasteiger partial charge on any atom is 0.353 e. The number of nitrogens with zero attached hydrogens (tertiary/aromatic N) is 2. The van der Waals surface area contributed by atoms with Crippen molar-refractivity contribution in [3.63, 3.8) is 0 Å². The molecule has 0 aliphatic heterocycles. The number of aryl methyl sites for hydroxylation is 1. The minimum atomic E-state index is -0.814. The number of nitro groups is 2. The van der Waals surface area contributed by atoms with Gasteiger partial charge < -0.3 is 5.32 Å². The second-order valence-corrected chi connectivity index (χ2v) is 4.70. The third-order valence-corrected chi connectivity index (χ3v) is 2.83. The Balaban J connectivity index is 3.03. The number of hydrazine groups is 1. The first-order valence-corrected chi connectivity index (χ1v) is 6.57. The Morgan fingerprint density at radius 3 is 2.39 bits per heavy atom. The summed E-state index contributed by atoms with van der Waals surface area (Å²) in [6, 6.07) is 2.50. The number of carbonyl (C=O) groups is 1. The summed E-state index contributed by atoms with van der Waals surface area (Å²) in [5, 5.41) is 24.7. The molecular formula is C12H13N5O5S. The van der Waals surface area contributed by atoms with Crippen LogP contribution in [0.3, 0.4) is 0 Å². The lowest BCUT2D eigenvalue weighted by molar-refractivity contribution is -0.422. The van der Waals surface area contributed by atoms with E-state index in [2.05, 4.69) is 16.2 Å². The largest absolute Gasteiger partial charge is 0.353 e. The second kappa shape index (κ2) is 7.79. The highest BCUT2D eigenvalue weighted by Gasteiger charge is 2.28. The predicted octanol–water partition coefficient (Wildman–Crippen LogP) is 1.30. The van der Waals surface area contributed by atoms with Gasteiger partial charge in [0.15, 0.2) is 5.11 Å². The molecule has 0 saturated carbocycles. The van der Waals surface area contributed by atoms with Crippen molar-refractivity contribution in [3.05, 3.63) is 49.7 Å². The van der Waals surface area contributed by atoms with Gasteiger partial charge in [0, 0.05) is 19.2 Å². The average molecular weight is 339 g/mol. The molecule has 0 fully saturated rings. The monoisotopic (exact) mass is 339 g/mol. The lowest BCUT2D eigenvalue weighted by Gasteiger charge is -2.07. The highest BCUT2D eigenvalue weighted by Crippen LogP contribution is 2.33. The van der Waals surface area contributed by atoms with Crippen molar-refractivity contribution in [2.24, 2.45) is 0 Å². The first-order chi connectivity index (χ1) is 10.7. The molecule has 11 heteroatoms. The van der Waals surface area contributed by atoms with Crippen LogP contribution in [0.25, 0.3) is 6.08 Å². The number of nitrogens with one attached hydrogen (secondary N) is 3. The Morgan fingerprint density at radius 1 is 1.22 bits per heavy atom. The molecule has 0 aliphatic rings. The molecule has 122 valence electrons. The van der Waals surface area contributed by atoms with E-state index in [9.17, 15) is 25.0 Å². The molecule has 0 bridgehead atoms. The van der Waals surface area contributed by atoms with Crippen LogP contribution >= 0.6 is 12.2 Å². The summed E-state index contributed by atoms with van der Waals surface area (Å²) in [6.45, 7) is 2.87. The zero-order chi connectivity index (χ0) is 17.6. The fraction of sp³-hybridized carbons (Fsp3) is 0.167. The molecule has 0 aromatic heterocycles. The first kappa shape index (κ1) is 18.0. The van der Waals surface area contributed by atoms with Gasteiger partial charge in [0.25, 0.3) is 0 Å². The fourth-order valence-corrected chi connectivity index (χ4v) is 1.75. The van der Waals surface area contributed by atoms with Crippen LogP contribution in [0.2, 0.25) is 0 Å². The first-order valence-electron chi connectivity index (χ1n) is 6.16. The highest BCUT2D eigenvalue weighted by molar-refractivity contribution is 7.80. The van der Waals surface area contributed by atoms with Crippen molar-refractivity contribution in [3.8, 4) is 0 Å². The van der Waals surface area contributed by atoms with E-state index in [0.29, 0.717) is 5.56 Å². The number of amides is 1. The van der Waals surface area contributed by atoms with Crippen molar-refractivity contribution in [2.75, 3.05) is 0 Å². The number of carbonyl (C=O) groups excluding carboxylic acids is 1. The van der Waals surface area contributed by atoms with Crippen LogP contribution in [0, 0.1) is 27.2 Å². The molecule has 1 rings (SSSR count). The van der Waals surface area contributed by atoms with Gasteiger partial charge in [-0.15, -0.1) is 0 Å². The van der Waals surface area contributed by atoms with Crippen LogP contribution in [0.15, 0.2) is 18.3 Å². The Bertz CT molecular complexity index is 703. The Morgan fingerprint density at radius 2 is 1.87 bits per heavy atom. The quantitative estimate of drug-likeness (QED) is 0.423. The van der Waals surface area contributed by atoms with Crippen LogP contribution in [0.5, 0.6) is 0 Å². The minimum absolute atomic E-state index is 0.0437. The topological polar surface area (TPSA) is 139 Å². The number of benzene rings is 1. The van der Waals surface area contributed by atoms with Gasteiger partial charge in [-0.3, -0.25) is 35.9 Å². The maximum atomic E-state index is 11.1. The molecule has 0 unspecified atom stereocenters. The highest BCUT2D eigenvalue weighted by atomic mass is 32.1. The van der Waals surface area contributed by atoms with E-state index in [1.54, 1.807) is 6.92 Å². The minimum Gasteiger partial charge on any atom is -0.338 e. The third-order valence-electron chi connectivity index (χ3n) is 2.61. The van der Waals surface area contributed by atoms with Gasteiger partial charge in [0.2, 0.25) is 5.91 Å². The van der Waals surface area contributed by atoms with Crippen LogP contribution in [0.4, 0.5) is 11.4 Å². The summed E-state index contributed by atoms with van der Waals surface area (Å²) in [5.74, 6) is -0.358. The molecular weight excluding hydrogens is 326 g/mol. The number of rotatable bonds is 4. The summed E-state index contributed by atoms with van der Waals surface area (Å²) in [6.07, 6.45) is 2.57. The van der Waals surface area contributed by atoms with Crippen LogP contribution in [0.1, 0.15) is 18.1 Å². The Kier molecular flexibility index (Phi) is 6.09. The van der Waals surface area contributed by atoms with Crippen molar-refractivity contribution >= 4 is 40.7 Å². The Labute approximate surface area is 135 Å². The number of nitro benzene ring substituents is 2. The standard InChI is InChI=1S/C12H13N5O5S/c1-7-3-4-10(16(19)20)11(17(21)22)9(7)5-6-13-12(23)15-14-8(2)18/h3-6H,1-2H3,(H,14,18)(H2,13,15,23)/b6-5-. The van der Waals surface area contributed by atoms with Crippen LogP contribution in [-0.4, -0.2) is 20.9 Å². The predicted molar refractivity (Wildman–Crippen MR) is 86.2 cm³/mol. The van der Waals surface area contributed by atoms with Gasteiger partial charge >= 0.3 is 11.4 Å². The van der Waals surface area contributed by atoms with Crippen molar-refractivity contribution in [1.82, 2.24) is 16.2 Å². The van der Waals surface area contributed by atoms with Crippen molar-refractivity contribution in [1.29, 1.82) is 0 Å². The molecule has 1 aromatic carbocycles. The van der Waals surface area contributed by atoms with Crippen molar-refractivity contribution < 1.29 is 14.6 Å². The summed E-state index contributed by atoms with van der Waals surface area (Å²) in [4.78, 5) is 31.1. The van der Waals surface area contributed by atoms with Gasteiger partial charge in [0.1, 0.15) is 0 Å². The van der Waals surface area contributed by atoms with E-state index in [1.165, 1.54) is 25.3 Å². The lowest BCUT2D eigenvalue weighted by atomic mass is 10.1. The smallest absolute Gasteiger partial charge is 0.338 e. The summed E-state index contributed by atoms with van der Waals surface area (Å²) in [5.41, 5.74) is 3.98. The normalized spacial score (nSPS) is 10.2. The number of hydrogen-bond acceptors (Lipinski definition) is 6. The molecule has 0 aliphatic carbocycles. The molecule has 10 nitrogen and oxygen atoms in total. The van der Waals surface area contributed by atoms with E-state index >= 15 is 0 Å². The van der Waals surface area contributed by atoms with E-state index in [4.69, 9.17) is 12.2 Å². The van der Waals surface area contributed by atoms with Crippen LogP contribution in [-0.2, 0) is 4.79 Å². The van der Waals surface area contributed by atoms with Gasteiger partial charge in [-0.25, -0.2) is 0 Å². The molecule has 1 aromatic rings. The summed E-state index contributed by atoms with van der Waals surface area (Å²) in [7, 11) is 0. The summed E-state index contributed by atoms with van der Waals surface area (Å²) >= 11 is 4.84. The molecule has 0 atom stereocenters.